The van der Waals surface area contributed by atoms with E-state index in [2.05, 4.69) is 5.32 Å². The van der Waals surface area contributed by atoms with Crippen molar-refractivity contribution in [2.24, 2.45) is 0 Å². The molecule has 1 aromatic carbocycles. The van der Waals surface area contributed by atoms with E-state index in [1.54, 1.807) is 6.92 Å². The van der Waals surface area contributed by atoms with E-state index in [-0.39, 0.29) is 31.3 Å². The molecule has 7 heteroatoms. The molecular formula is C14H15F3N2O2. The van der Waals surface area contributed by atoms with E-state index >= 15 is 0 Å². The van der Waals surface area contributed by atoms with E-state index < -0.39 is 17.8 Å². The van der Waals surface area contributed by atoms with E-state index in [1.165, 1.54) is 17.0 Å². The van der Waals surface area contributed by atoms with Gasteiger partial charge in [-0.2, -0.15) is 13.2 Å². The van der Waals surface area contributed by atoms with Gasteiger partial charge in [0.15, 0.2) is 0 Å². The summed E-state index contributed by atoms with van der Waals surface area (Å²) >= 11 is 0. The number of carbonyl (C=O) groups excluding carboxylic acids is 2. The van der Waals surface area contributed by atoms with Crippen LogP contribution in [-0.4, -0.2) is 29.3 Å². The molecule has 1 aliphatic rings. The number of nitrogens with zero attached hydrogens (tertiary/aromatic N) is 1. The van der Waals surface area contributed by atoms with Crippen LogP contribution in [0.25, 0.3) is 0 Å². The number of amides is 2. The van der Waals surface area contributed by atoms with Gasteiger partial charge in [-0.25, -0.2) is 0 Å². The van der Waals surface area contributed by atoms with Crippen molar-refractivity contribution in [3.63, 3.8) is 0 Å². The third kappa shape index (κ3) is 3.74. The zero-order valence-electron chi connectivity index (χ0n) is 11.4. The lowest BCUT2D eigenvalue weighted by Crippen LogP contribution is -2.42. The second kappa shape index (κ2) is 5.75. The minimum absolute atomic E-state index is 0.191. The third-order valence-corrected chi connectivity index (χ3v) is 3.32. The summed E-state index contributed by atoms with van der Waals surface area (Å²) < 4.78 is 37.4. The first-order valence-corrected chi connectivity index (χ1v) is 6.51. The highest BCUT2D eigenvalue weighted by Gasteiger charge is 2.30. The average Bonchev–Trinajstić information content (AvgIpc) is 2.52. The fraction of sp³-hybridized carbons (Fsp3) is 0.429. The molecule has 1 N–H and O–H groups in total. The Morgan fingerprint density at radius 2 is 1.86 bits per heavy atom. The van der Waals surface area contributed by atoms with Crippen molar-refractivity contribution in [2.45, 2.75) is 32.1 Å². The lowest BCUT2D eigenvalue weighted by atomic mass is 10.1. The number of benzene rings is 1. The first kappa shape index (κ1) is 15.3. The number of carbonyl (C=O) groups is 2. The molecule has 0 spiro atoms. The fourth-order valence-electron chi connectivity index (χ4n) is 2.17. The lowest BCUT2D eigenvalue weighted by molar-refractivity contribution is -0.137. The van der Waals surface area contributed by atoms with Crippen LogP contribution in [0.3, 0.4) is 0 Å². The molecule has 4 nitrogen and oxygen atoms in total. The molecule has 0 radical (unpaired) electrons. The minimum Gasteiger partial charge on any atom is -0.345 e. The fourth-order valence-corrected chi connectivity index (χ4v) is 2.17. The maximum Gasteiger partial charge on any atom is 0.416 e. The maximum atomic E-state index is 12.5. The summed E-state index contributed by atoms with van der Waals surface area (Å²) in [5.74, 6) is -0.438. The van der Waals surface area contributed by atoms with E-state index in [1.807, 2.05) is 0 Å². The number of rotatable bonds is 2. The highest BCUT2D eigenvalue weighted by Crippen LogP contribution is 2.29. The predicted molar refractivity (Wildman–Crippen MR) is 69.1 cm³/mol. The van der Waals surface area contributed by atoms with E-state index in [4.69, 9.17) is 0 Å². The third-order valence-electron chi connectivity index (χ3n) is 3.32. The van der Waals surface area contributed by atoms with E-state index in [0.29, 0.717) is 5.56 Å². The summed E-state index contributed by atoms with van der Waals surface area (Å²) in [6.07, 6.45) is -4.18. The van der Waals surface area contributed by atoms with Gasteiger partial charge in [0.2, 0.25) is 11.8 Å². The quantitative estimate of drug-likeness (QED) is 0.907. The summed E-state index contributed by atoms with van der Waals surface area (Å²) in [4.78, 5) is 24.9. The van der Waals surface area contributed by atoms with Crippen LogP contribution < -0.4 is 5.32 Å². The predicted octanol–water partition coefficient (Wildman–Crippen LogP) is 1.94. The van der Waals surface area contributed by atoms with Gasteiger partial charge in [-0.1, -0.05) is 12.1 Å². The minimum atomic E-state index is -4.37. The van der Waals surface area contributed by atoms with E-state index in [9.17, 15) is 22.8 Å². The molecule has 0 aromatic heterocycles. The standard InChI is InChI=1S/C14H15F3N2O2/c1-9-13(21)19(7-6-12(20)18-9)8-10-2-4-11(5-3-10)14(15,16)17/h2-5,9H,6-8H2,1H3,(H,18,20). The Bertz CT molecular complexity index is 540. The lowest BCUT2D eigenvalue weighted by Gasteiger charge is -2.22. The van der Waals surface area contributed by atoms with Crippen LogP contribution >= 0.6 is 0 Å². The van der Waals surface area contributed by atoms with Crippen LogP contribution in [0, 0.1) is 0 Å². The van der Waals surface area contributed by atoms with Crippen molar-refractivity contribution in [3.8, 4) is 0 Å². The molecule has 0 bridgehead atoms. The summed E-state index contributed by atoms with van der Waals surface area (Å²) in [5, 5.41) is 2.56. The average molecular weight is 300 g/mol. The number of hydrogen-bond donors (Lipinski definition) is 1. The topological polar surface area (TPSA) is 49.4 Å². The van der Waals surface area contributed by atoms with Crippen molar-refractivity contribution in [1.29, 1.82) is 0 Å². The second-order valence-corrected chi connectivity index (χ2v) is 4.99. The molecule has 1 heterocycles. The molecule has 114 valence electrons. The Morgan fingerprint density at radius 3 is 2.43 bits per heavy atom. The van der Waals surface area contributed by atoms with Gasteiger partial charge >= 0.3 is 6.18 Å². The van der Waals surface area contributed by atoms with Gasteiger partial charge in [0.25, 0.3) is 0 Å². The Kier molecular flexibility index (Phi) is 4.20. The van der Waals surface area contributed by atoms with Crippen molar-refractivity contribution in [1.82, 2.24) is 10.2 Å². The van der Waals surface area contributed by atoms with Crippen LogP contribution in [0.5, 0.6) is 0 Å². The van der Waals surface area contributed by atoms with Gasteiger partial charge < -0.3 is 10.2 Å². The van der Waals surface area contributed by atoms with Gasteiger partial charge in [-0.05, 0) is 24.6 Å². The largest absolute Gasteiger partial charge is 0.416 e. The second-order valence-electron chi connectivity index (χ2n) is 4.99. The Labute approximate surface area is 119 Å². The van der Waals surface area contributed by atoms with Gasteiger partial charge in [0.1, 0.15) is 6.04 Å². The van der Waals surface area contributed by atoms with Crippen molar-refractivity contribution in [2.75, 3.05) is 6.54 Å². The molecule has 1 saturated heterocycles. The van der Waals surface area contributed by atoms with Gasteiger partial charge in [-0.3, -0.25) is 9.59 Å². The van der Waals surface area contributed by atoms with Crippen LogP contribution in [0.1, 0.15) is 24.5 Å². The van der Waals surface area contributed by atoms with Crippen molar-refractivity contribution >= 4 is 11.8 Å². The number of halogens is 3. The highest BCUT2D eigenvalue weighted by molar-refractivity contribution is 5.89. The first-order valence-electron chi connectivity index (χ1n) is 6.51. The maximum absolute atomic E-state index is 12.5. The molecule has 0 saturated carbocycles. The molecule has 1 aliphatic heterocycles. The zero-order valence-corrected chi connectivity index (χ0v) is 11.4. The number of hydrogen-bond acceptors (Lipinski definition) is 2. The van der Waals surface area contributed by atoms with Crippen LogP contribution in [0.15, 0.2) is 24.3 Å². The van der Waals surface area contributed by atoms with E-state index in [0.717, 1.165) is 12.1 Å². The molecule has 2 rings (SSSR count). The Morgan fingerprint density at radius 1 is 1.24 bits per heavy atom. The van der Waals surface area contributed by atoms with Gasteiger partial charge in [-0.15, -0.1) is 0 Å². The summed E-state index contributed by atoms with van der Waals surface area (Å²) in [7, 11) is 0. The molecule has 1 aromatic rings. The Hall–Kier alpha value is -2.05. The first-order chi connectivity index (χ1) is 9.77. The van der Waals surface area contributed by atoms with Crippen molar-refractivity contribution in [3.05, 3.63) is 35.4 Å². The highest BCUT2D eigenvalue weighted by atomic mass is 19.4. The van der Waals surface area contributed by atoms with Crippen molar-refractivity contribution < 1.29 is 22.8 Å². The molecular weight excluding hydrogens is 285 g/mol. The molecule has 2 amide bonds. The SMILES string of the molecule is CC1NC(=O)CCN(Cc2ccc(C(F)(F)F)cc2)C1=O. The summed E-state index contributed by atoms with van der Waals surface area (Å²) in [5.41, 5.74) is -0.128. The monoisotopic (exact) mass is 300 g/mol. The molecule has 1 fully saturated rings. The number of alkyl halides is 3. The van der Waals surface area contributed by atoms with Gasteiger partial charge in [0.05, 0.1) is 5.56 Å². The molecule has 1 unspecified atom stereocenters. The Balaban J connectivity index is 2.10. The normalized spacial score (nSPS) is 20.2. The molecule has 21 heavy (non-hydrogen) atoms. The van der Waals surface area contributed by atoms with Crippen LogP contribution in [-0.2, 0) is 22.3 Å². The van der Waals surface area contributed by atoms with Crippen LogP contribution in [0.2, 0.25) is 0 Å². The molecule has 0 aliphatic carbocycles. The molecule has 1 atom stereocenters. The summed E-state index contributed by atoms with van der Waals surface area (Å²) in [6, 6.07) is 4.06. The number of nitrogens with one attached hydrogen (secondary N) is 1. The zero-order chi connectivity index (χ0) is 15.6. The summed E-state index contributed by atoms with van der Waals surface area (Å²) in [6.45, 7) is 2.04. The van der Waals surface area contributed by atoms with Crippen LogP contribution in [0.4, 0.5) is 13.2 Å². The smallest absolute Gasteiger partial charge is 0.345 e. The van der Waals surface area contributed by atoms with Gasteiger partial charge in [0, 0.05) is 19.5 Å².